The van der Waals surface area contributed by atoms with E-state index in [0.717, 1.165) is 17.2 Å². The summed E-state index contributed by atoms with van der Waals surface area (Å²) >= 11 is 0. The fourth-order valence-corrected chi connectivity index (χ4v) is 8.18. The molecule has 4 rings (SSSR count). The van der Waals surface area contributed by atoms with Gasteiger partial charge in [0.25, 0.3) is 0 Å². The first-order valence-electron chi connectivity index (χ1n) is 16.0. The van der Waals surface area contributed by atoms with E-state index in [-0.39, 0.29) is 32.1 Å². The maximum absolute atomic E-state index is 14.3. The van der Waals surface area contributed by atoms with Crippen LogP contribution >= 0.6 is 8.46 Å². The normalized spacial score (nSPS) is 17.7. The first-order valence-corrected chi connectivity index (χ1v) is 18.7. The summed E-state index contributed by atoms with van der Waals surface area (Å²) in [4.78, 5) is 43.7. The number of carbonyl (C=O) groups excluding carboxylic acids is 2. The average Bonchev–Trinajstić information content (AvgIpc) is 3.72. The van der Waals surface area contributed by atoms with Gasteiger partial charge in [0.05, 0.1) is 17.7 Å². The van der Waals surface area contributed by atoms with Crippen LogP contribution in [0.2, 0.25) is 0 Å². The maximum atomic E-state index is 14.3. The lowest BCUT2D eigenvalue weighted by Crippen LogP contribution is -2.65. The van der Waals surface area contributed by atoms with Crippen molar-refractivity contribution in [2.75, 3.05) is 12.8 Å². The predicted molar refractivity (Wildman–Crippen MR) is 182 cm³/mol. The molecule has 1 heterocycles. The maximum Gasteiger partial charge on any atom is 0.326 e. The minimum absolute atomic E-state index is 0.0551. The number of carboxylic acids is 1. The first kappa shape index (κ1) is 37.1. The first-order chi connectivity index (χ1) is 22.8. The Morgan fingerprint density at radius 3 is 2.29 bits per heavy atom. The SMILES string of the molecule is CS(=O)(=O)N[C@@H](CCCCN)C(=O)N[C@H](Cc1ccccc1)C(O)(P=O)C1(C(=O)N[C@@H](Cc2c[nH]c3ccccc23)C(=O)O)CCCC1. The highest BCUT2D eigenvalue weighted by Crippen LogP contribution is 2.53. The topological polar surface area (TPSA) is 221 Å². The Morgan fingerprint density at radius 1 is 1.00 bits per heavy atom. The zero-order valence-corrected chi connectivity index (χ0v) is 28.6. The van der Waals surface area contributed by atoms with Crippen molar-refractivity contribution >= 4 is 47.2 Å². The van der Waals surface area contributed by atoms with Crippen molar-refractivity contribution in [1.29, 1.82) is 0 Å². The number of carbonyl (C=O) groups is 3. The molecule has 0 saturated heterocycles. The number of sulfonamides is 1. The molecule has 3 aromatic rings. The minimum atomic E-state index is -3.83. The number of nitrogens with one attached hydrogen (secondary N) is 4. The van der Waals surface area contributed by atoms with Crippen molar-refractivity contribution in [2.24, 2.45) is 11.1 Å². The van der Waals surface area contributed by atoms with Crippen molar-refractivity contribution < 1.29 is 37.6 Å². The number of aliphatic hydroxyl groups is 1. The molecule has 0 aliphatic heterocycles. The standard InChI is InChI=1S/C33H44N5O8PS/c1-48(45,46)38-26(15-7-10-18-34)29(39)37-28(19-22-11-3-2-4-12-22)33(43,47-44)32(16-8-9-17-32)31(42)36-27(30(40)41)20-23-21-35-25-14-6-5-13-24(23)25/h2-6,11-14,21,26-28,35,38,43H,7-10,15-20,34H2,1H3,(H,36,42)(H,37,39)(H,40,41)/t26-,27-,28+,33?/m0/s1. The molecule has 8 N–H and O–H groups in total. The van der Waals surface area contributed by atoms with Gasteiger partial charge in [0, 0.05) is 23.5 Å². The summed E-state index contributed by atoms with van der Waals surface area (Å²) in [6.07, 6.45) is 4.70. The van der Waals surface area contributed by atoms with Crippen LogP contribution in [0.1, 0.15) is 56.1 Å². The number of H-pyrrole nitrogens is 1. The van der Waals surface area contributed by atoms with Crippen LogP contribution in [0.15, 0.2) is 60.8 Å². The van der Waals surface area contributed by atoms with E-state index in [1.165, 1.54) is 0 Å². The van der Waals surface area contributed by atoms with Gasteiger partial charge < -0.3 is 31.6 Å². The van der Waals surface area contributed by atoms with Crippen LogP contribution in [0.4, 0.5) is 0 Å². The van der Waals surface area contributed by atoms with Gasteiger partial charge in [0.15, 0.2) is 13.8 Å². The number of aliphatic carboxylic acids is 1. The molecule has 1 fully saturated rings. The number of hydrogen-bond donors (Lipinski definition) is 7. The van der Waals surface area contributed by atoms with Gasteiger partial charge in [-0.3, -0.25) is 14.2 Å². The third kappa shape index (κ3) is 8.66. The molecule has 4 atom stereocenters. The molecule has 260 valence electrons. The highest BCUT2D eigenvalue weighted by atomic mass is 32.2. The van der Waals surface area contributed by atoms with Crippen LogP contribution in [0.3, 0.4) is 0 Å². The van der Waals surface area contributed by atoms with Crippen molar-refractivity contribution in [3.8, 4) is 0 Å². The Balaban J connectivity index is 1.69. The molecule has 48 heavy (non-hydrogen) atoms. The second kappa shape index (κ2) is 16.1. The van der Waals surface area contributed by atoms with Gasteiger partial charge in [-0.05, 0) is 55.8 Å². The van der Waals surface area contributed by atoms with Gasteiger partial charge in [-0.25, -0.2) is 17.9 Å². The molecule has 1 saturated carbocycles. The van der Waals surface area contributed by atoms with Crippen molar-refractivity contribution in [3.63, 3.8) is 0 Å². The molecule has 0 bridgehead atoms. The zero-order valence-electron chi connectivity index (χ0n) is 26.9. The number of hydrogen-bond acceptors (Lipinski definition) is 8. The summed E-state index contributed by atoms with van der Waals surface area (Å²) in [5.41, 5.74) is 5.98. The van der Waals surface area contributed by atoms with Crippen LogP contribution in [-0.4, -0.2) is 77.7 Å². The second-order valence-corrected chi connectivity index (χ2v) is 15.2. The molecular formula is C33H44N5O8PS. The number of fused-ring (bicyclic) bond motifs is 1. The van der Waals surface area contributed by atoms with Crippen LogP contribution in [0.25, 0.3) is 10.9 Å². The molecule has 1 aromatic heterocycles. The third-order valence-electron chi connectivity index (χ3n) is 9.14. The lowest BCUT2D eigenvalue weighted by Gasteiger charge is -2.44. The molecule has 0 spiro atoms. The Hall–Kier alpha value is -3.68. The van der Waals surface area contributed by atoms with Gasteiger partial charge >= 0.3 is 5.97 Å². The highest BCUT2D eigenvalue weighted by molar-refractivity contribution is 7.88. The number of unbranched alkanes of at least 4 members (excludes halogenated alkanes) is 1. The molecule has 15 heteroatoms. The largest absolute Gasteiger partial charge is 0.480 e. The fourth-order valence-electron chi connectivity index (χ4n) is 6.65. The molecule has 2 aromatic carbocycles. The fraction of sp³-hybridized carbons (Fsp3) is 0.485. The molecular weight excluding hydrogens is 657 g/mol. The quantitative estimate of drug-likeness (QED) is 0.0764. The van der Waals surface area contributed by atoms with Gasteiger partial charge in [-0.15, -0.1) is 0 Å². The van der Waals surface area contributed by atoms with Crippen LogP contribution in [0, 0.1) is 5.41 Å². The summed E-state index contributed by atoms with van der Waals surface area (Å²) in [6, 6.07) is 12.2. The van der Waals surface area contributed by atoms with E-state index in [0.29, 0.717) is 43.4 Å². The Kier molecular flexibility index (Phi) is 12.5. The lowest BCUT2D eigenvalue weighted by atomic mass is 9.73. The van der Waals surface area contributed by atoms with E-state index in [1.54, 1.807) is 36.5 Å². The number of para-hydroxylation sites is 1. The molecule has 1 unspecified atom stereocenters. The van der Waals surface area contributed by atoms with Crippen LogP contribution in [-0.2, 0) is 41.8 Å². The second-order valence-electron chi connectivity index (χ2n) is 12.5. The monoisotopic (exact) mass is 701 g/mol. The van der Waals surface area contributed by atoms with Crippen LogP contribution in [0.5, 0.6) is 0 Å². The molecule has 2 amide bonds. The van der Waals surface area contributed by atoms with Gasteiger partial charge in [0.2, 0.25) is 21.8 Å². The van der Waals surface area contributed by atoms with Crippen molar-refractivity contribution in [3.05, 3.63) is 71.9 Å². The number of carboxylic acid groups (broad SMARTS) is 1. The van der Waals surface area contributed by atoms with E-state index in [1.807, 2.05) is 24.3 Å². The average molecular weight is 702 g/mol. The summed E-state index contributed by atoms with van der Waals surface area (Å²) in [5.74, 6) is -2.85. The van der Waals surface area contributed by atoms with E-state index < -0.39 is 65.1 Å². The van der Waals surface area contributed by atoms with E-state index in [4.69, 9.17) is 5.73 Å². The number of aromatic nitrogens is 1. The molecule has 0 radical (unpaired) electrons. The third-order valence-corrected chi connectivity index (χ3v) is 10.9. The van der Waals surface area contributed by atoms with Crippen molar-refractivity contribution in [2.45, 2.75) is 81.3 Å². The summed E-state index contributed by atoms with van der Waals surface area (Å²) in [5, 5.41) is 26.4. The lowest BCUT2D eigenvalue weighted by molar-refractivity contribution is -0.150. The number of amides is 2. The van der Waals surface area contributed by atoms with E-state index in [2.05, 4.69) is 20.3 Å². The van der Waals surface area contributed by atoms with E-state index in [9.17, 15) is 37.6 Å². The molecule has 13 nitrogen and oxygen atoms in total. The Bertz CT molecular complexity index is 1700. The smallest absolute Gasteiger partial charge is 0.326 e. The minimum Gasteiger partial charge on any atom is -0.480 e. The van der Waals surface area contributed by atoms with Gasteiger partial charge in [0.1, 0.15) is 12.1 Å². The van der Waals surface area contributed by atoms with Gasteiger partial charge in [-0.1, -0.05) is 67.8 Å². The number of nitrogens with two attached hydrogens (primary N) is 1. The number of aromatic amines is 1. The zero-order chi connectivity index (χ0) is 35.0. The van der Waals surface area contributed by atoms with Crippen molar-refractivity contribution in [1.82, 2.24) is 20.3 Å². The summed E-state index contributed by atoms with van der Waals surface area (Å²) in [7, 11) is -4.69. The van der Waals surface area contributed by atoms with E-state index >= 15 is 0 Å². The number of rotatable bonds is 18. The Labute approximate surface area is 281 Å². The Morgan fingerprint density at radius 2 is 1.67 bits per heavy atom. The van der Waals surface area contributed by atoms with Gasteiger partial charge in [-0.2, -0.15) is 0 Å². The summed E-state index contributed by atoms with van der Waals surface area (Å²) < 4.78 is 39.9. The highest BCUT2D eigenvalue weighted by Gasteiger charge is 2.62. The number of benzene rings is 2. The molecule has 1 aliphatic rings. The molecule has 1 aliphatic carbocycles. The summed E-state index contributed by atoms with van der Waals surface area (Å²) in [6.45, 7) is 0.341. The van der Waals surface area contributed by atoms with Crippen LogP contribution < -0.4 is 21.1 Å². The predicted octanol–water partition coefficient (Wildman–Crippen LogP) is 2.59.